The molecule has 0 saturated carbocycles. The van der Waals surface area contributed by atoms with Gasteiger partial charge in [0.05, 0.1) is 17.3 Å². The Hall–Kier alpha value is -2.62. The van der Waals surface area contributed by atoms with Gasteiger partial charge in [-0.3, -0.25) is 19.8 Å². The van der Waals surface area contributed by atoms with Gasteiger partial charge in [-0.1, -0.05) is 40.9 Å². The second kappa shape index (κ2) is 11.2. The average Bonchev–Trinajstić information content (AvgIpc) is 2.83. The van der Waals surface area contributed by atoms with Crippen LogP contribution >= 0.6 is 63.0 Å². The number of carbonyl (C=O) groups is 2. The van der Waals surface area contributed by atoms with Gasteiger partial charge in [0.1, 0.15) is 12.2 Å². The Bertz CT molecular complexity index is 1410. The van der Waals surface area contributed by atoms with E-state index in [9.17, 15) is 9.59 Å². The zero-order chi connectivity index (χ0) is 26.0. The SMILES string of the molecule is COc1cc(/C=C2\C(=O)NC(=S)N(c3ccc(Cl)cc3)C2=O)cc(Br)c1OCc1ccc(Cl)cc1Cl. The van der Waals surface area contributed by atoms with E-state index in [4.69, 9.17) is 56.5 Å². The standard InChI is InChI=1S/C25H16BrCl3N2O4S/c1-34-21-10-13(9-19(26)22(21)35-12-14-2-3-16(28)11-20(14)29)8-18-23(32)30-25(36)31(24(18)33)17-6-4-15(27)5-7-17/h2-11H,12H2,1H3,(H,30,32,36)/b18-8+. The lowest BCUT2D eigenvalue weighted by Crippen LogP contribution is -2.54. The van der Waals surface area contributed by atoms with Crippen molar-refractivity contribution < 1.29 is 19.1 Å². The summed E-state index contributed by atoms with van der Waals surface area (Å²) in [6, 6.07) is 15.0. The molecule has 0 aromatic heterocycles. The van der Waals surface area contributed by atoms with E-state index >= 15 is 0 Å². The summed E-state index contributed by atoms with van der Waals surface area (Å²) in [4.78, 5) is 27.1. The fourth-order valence-electron chi connectivity index (χ4n) is 3.40. The molecule has 1 heterocycles. The predicted octanol–water partition coefficient (Wildman–Crippen LogP) is 6.83. The Kier molecular flexibility index (Phi) is 8.22. The highest BCUT2D eigenvalue weighted by molar-refractivity contribution is 9.10. The highest BCUT2D eigenvalue weighted by Gasteiger charge is 2.34. The molecule has 2 amide bonds. The van der Waals surface area contributed by atoms with E-state index < -0.39 is 11.8 Å². The third-order valence-electron chi connectivity index (χ3n) is 5.14. The zero-order valence-electron chi connectivity index (χ0n) is 18.5. The van der Waals surface area contributed by atoms with E-state index in [1.165, 1.54) is 18.1 Å². The molecule has 1 aliphatic heterocycles. The second-order valence-corrected chi connectivity index (χ2v) is 10.0. The van der Waals surface area contributed by atoms with Gasteiger partial charge in [0, 0.05) is 20.6 Å². The predicted molar refractivity (Wildman–Crippen MR) is 149 cm³/mol. The monoisotopic (exact) mass is 624 g/mol. The summed E-state index contributed by atoms with van der Waals surface area (Å²) < 4.78 is 12.0. The van der Waals surface area contributed by atoms with Crippen molar-refractivity contribution in [2.75, 3.05) is 12.0 Å². The number of halogens is 4. The molecule has 0 bridgehead atoms. The number of nitrogens with zero attached hydrogens (tertiary/aromatic N) is 1. The third-order valence-corrected chi connectivity index (χ3v) is 6.85. The van der Waals surface area contributed by atoms with Crippen molar-refractivity contribution in [1.82, 2.24) is 5.32 Å². The number of ether oxygens (including phenoxy) is 2. The molecule has 1 saturated heterocycles. The molecule has 0 atom stereocenters. The first kappa shape index (κ1) is 26.4. The summed E-state index contributed by atoms with van der Waals surface area (Å²) in [5.41, 5.74) is 1.64. The van der Waals surface area contributed by atoms with Crippen LogP contribution in [0.3, 0.4) is 0 Å². The van der Waals surface area contributed by atoms with Gasteiger partial charge in [-0.15, -0.1) is 0 Å². The number of methoxy groups -OCH3 is 1. The normalized spacial score (nSPS) is 14.8. The summed E-state index contributed by atoms with van der Waals surface area (Å²) in [5, 5.41) is 4.04. The molecule has 3 aromatic carbocycles. The van der Waals surface area contributed by atoms with Gasteiger partial charge in [-0.25, -0.2) is 0 Å². The van der Waals surface area contributed by atoms with Crippen LogP contribution in [0.2, 0.25) is 15.1 Å². The van der Waals surface area contributed by atoms with Crippen LogP contribution in [0.25, 0.3) is 6.08 Å². The molecule has 0 aliphatic carbocycles. The molecule has 36 heavy (non-hydrogen) atoms. The number of amides is 2. The molecule has 1 aliphatic rings. The first-order chi connectivity index (χ1) is 17.2. The van der Waals surface area contributed by atoms with Gasteiger partial charge >= 0.3 is 0 Å². The van der Waals surface area contributed by atoms with E-state index in [1.54, 1.807) is 54.6 Å². The first-order valence-electron chi connectivity index (χ1n) is 10.3. The van der Waals surface area contributed by atoms with Crippen LogP contribution in [-0.4, -0.2) is 24.0 Å². The molecule has 3 aromatic rings. The number of hydrogen-bond donors (Lipinski definition) is 1. The van der Waals surface area contributed by atoms with Crippen molar-refractivity contribution in [3.8, 4) is 11.5 Å². The quantitative estimate of drug-likeness (QED) is 0.185. The molecular weight excluding hydrogens is 611 g/mol. The minimum atomic E-state index is -0.608. The highest BCUT2D eigenvalue weighted by Crippen LogP contribution is 2.38. The minimum Gasteiger partial charge on any atom is -0.493 e. The van der Waals surface area contributed by atoms with E-state index in [0.29, 0.717) is 42.3 Å². The van der Waals surface area contributed by atoms with Gasteiger partial charge in [0.25, 0.3) is 11.8 Å². The molecule has 4 rings (SSSR count). The van der Waals surface area contributed by atoms with Gasteiger partial charge < -0.3 is 9.47 Å². The Morgan fingerprint density at radius 2 is 1.72 bits per heavy atom. The largest absolute Gasteiger partial charge is 0.493 e. The number of hydrogen-bond acceptors (Lipinski definition) is 5. The molecule has 1 N–H and O–H groups in total. The minimum absolute atomic E-state index is 0.0205. The van der Waals surface area contributed by atoms with Crippen molar-refractivity contribution in [3.63, 3.8) is 0 Å². The lowest BCUT2D eigenvalue weighted by Gasteiger charge is -2.29. The molecule has 6 nitrogen and oxygen atoms in total. The molecule has 0 spiro atoms. The Labute approximate surface area is 235 Å². The smallest absolute Gasteiger partial charge is 0.270 e. The molecule has 11 heteroatoms. The van der Waals surface area contributed by atoms with E-state index in [2.05, 4.69) is 21.2 Å². The fourth-order valence-corrected chi connectivity index (χ4v) is 4.84. The highest BCUT2D eigenvalue weighted by atomic mass is 79.9. The molecule has 184 valence electrons. The van der Waals surface area contributed by atoms with Gasteiger partial charge in [-0.2, -0.15) is 0 Å². The van der Waals surface area contributed by atoms with Crippen molar-refractivity contribution in [1.29, 1.82) is 0 Å². The maximum absolute atomic E-state index is 13.2. The number of anilines is 1. The van der Waals surface area contributed by atoms with Crippen LogP contribution in [0.15, 0.2) is 64.6 Å². The van der Waals surface area contributed by atoms with Crippen LogP contribution in [0.4, 0.5) is 5.69 Å². The van der Waals surface area contributed by atoms with Gasteiger partial charge in [-0.05, 0) is 88.3 Å². The van der Waals surface area contributed by atoms with E-state index in [-0.39, 0.29) is 17.3 Å². The lowest BCUT2D eigenvalue weighted by molar-refractivity contribution is -0.122. The number of benzene rings is 3. The summed E-state index contributed by atoms with van der Waals surface area (Å²) in [6.45, 7) is 0.166. The van der Waals surface area contributed by atoms with Crippen molar-refractivity contribution in [3.05, 3.63) is 90.8 Å². The van der Waals surface area contributed by atoms with E-state index in [1.807, 2.05) is 0 Å². The van der Waals surface area contributed by atoms with Crippen molar-refractivity contribution in [2.45, 2.75) is 6.61 Å². The topological polar surface area (TPSA) is 67.9 Å². The molecule has 0 radical (unpaired) electrons. The maximum atomic E-state index is 13.2. The fraction of sp³-hybridized carbons (Fsp3) is 0.0800. The van der Waals surface area contributed by atoms with E-state index in [0.717, 1.165) is 5.56 Å². The van der Waals surface area contributed by atoms with Crippen LogP contribution in [0.1, 0.15) is 11.1 Å². The molecular formula is C25H16BrCl3N2O4S. The maximum Gasteiger partial charge on any atom is 0.270 e. The Morgan fingerprint density at radius 1 is 1.03 bits per heavy atom. The number of rotatable bonds is 6. The summed E-state index contributed by atoms with van der Waals surface area (Å²) in [5.74, 6) is -0.369. The zero-order valence-corrected chi connectivity index (χ0v) is 23.2. The van der Waals surface area contributed by atoms with Gasteiger partial charge in [0.15, 0.2) is 16.6 Å². The third kappa shape index (κ3) is 5.68. The van der Waals surface area contributed by atoms with Crippen LogP contribution in [0.5, 0.6) is 11.5 Å². The lowest BCUT2D eigenvalue weighted by atomic mass is 10.1. The van der Waals surface area contributed by atoms with Crippen LogP contribution < -0.4 is 19.7 Å². The Morgan fingerprint density at radius 3 is 2.39 bits per heavy atom. The Balaban J connectivity index is 1.64. The number of nitrogens with one attached hydrogen (secondary N) is 1. The van der Waals surface area contributed by atoms with Gasteiger partial charge in [0.2, 0.25) is 0 Å². The summed E-state index contributed by atoms with van der Waals surface area (Å²) in [7, 11) is 1.49. The second-order valence-electron chi connectivity index (χ2n) is 7.49. The number of thiocarbonyl (C=S) groups is 1. The van der Waals surface area contributed by atoms with Crippen molar-refractivity contribution in [2.24, 2.45) is 0 Å². The molecule has 0 unspecified atom stereocenters. The summed E-state index contributed by atoms with van der Waals surface area (Å²) in [6.07, 6.45) is 1.45. The summed E-state index contributed by atoms with van der Waals surface area (Å²) >= 11 is 26.9. The van der Waals surface area contributed by atoms with Crippen molar-refractivity contribution >= 4 is 91.6 Å². The number of carbonyl (C=O) groups excluding carboxylic acids is 2. The van der Waals surface area contributed by atoms with Crippen LogP contribution in [0, 0.1) is 0 Å². The average molecular weight is 627 g/mol. The first-order valence-corrected chi connectivity index (χ1v) is 12.6. The molecule has 1 fully saturated rings. The van der Waals surface area contributed by atoms with Crippen LogP contribution in [-0.2, 0) is 16.2 Å².